The van der Waals surface area contributed by atoms with Crippen LogP contribution in [0.2, 0.25) is 0 Å². The maximum Gasteiger partial charge on any atom is 0.287 e. The molecule has 0 radical (unpaired) electrons. The first kappa shape index (κ1) is 13.6. The fourth-order valence-electron chi connectivity index (χ4n) is 1.11. The Hall–Kier alpha value is -1.43. The van der Waals surface area contributed by atoms with Crippen LogP contribution in [0.5, 0.6) is 0 Å². The van der Waals surface area contributed by atoms with Crippen LogP contribution in [0, 0.1) is 0 Å². The Kier molecular flexibility index (Phi) is 5.62. The summed E-state index contributed by atoms with van der Waals surface area (Å²) in [6.07, 6.45) is 3.32. The highest BCUT2D eigenvalue weighted by Crippen LogP contribution is 2.03. The van der Waals surface area contributed by atoms with E-state index in [4.69, 9.17) is 4.42 Å². The van der Waals surface area contributed by atoms with E-state index in [1.807, 2.05) is 13.2 Å². The van der Waals surface area contributed by atoms with Crippen LogP contribution < -0.4 is 10.6 Å². The molecule has 1 atom stereocenters. The van der Waals surface area contributed by atoms with Crippen LogP contribution in [0.15, 0.2) is 22.8 Å². The standard InChI is InChI=1S/C11H16N2O3S/c1-8(17-2)10(14)12-5-6-13-11(15)9-4-3-7-16-9/h3-4,7-8H,5-6H2,1-2H3,(H,12,14)(H,13,15)/t8-/m1/s1. The first-order chi connectivity index (χ1) is 8.15. The largest absolute Gasteiger partial charge is 0.459 e. The summed E-state index contributed by atoms with van der Waals surface area (Å²) in [7, 11) is 0. The number of furan rings is 1. The number of rotatable bonds is 6. The molecule has 0 bridgehead atoms. The minimum Gasteiger partial charge on any atom is -0.459 e. The summed E-state index contributed by atoms with van der Waals surface area (Å²) in [4.78, 5) is 22.8. The van der Waals surface area contributed by atoms with E-state index in [1.165, 1.54) is 18.0 Å². The Morgan fingerprint density at radius 2 is 2.12 bits per heavy atom. The molecule has 0 aliphatic heterocycles. The van der Waals surface area contributed by atoms with Gasteiger partial charge in [-0.15, -0.1) is 0 Å². The fourth-order valence-corrected chi connectivity index (χ4v) is 1.40. The average molecular weight is 256 g/mol. The maximum atomic E-state index is 11.4. The predicted octanol–water partition coefficient (Wildman–Crippen LogP) is 0.877. The molecule has 94 valence electrons. The molecule has 0 unspecified atom stereocenters. The molecular formula is C11H16N2O3S. The van der Waals surface area contributed by atoms with Gasteiger partial charge in [-0.3, -0.25) is 9.59 Å². The van der Waals surface area contributed by atoms with Crippen molar-refractivity contribution in [1.82, 2.24) is 10.6 Å². The van der Waals surface area contributed by atoms with Gasteiger partial charge in [0.25, 0.3) is 5.91 Å². The molecule has 0 aliphatic carbocycles. The normalized spacial score (nSPS) is 11.9. The summed E-state index contributed by atoms with van der Waals surface area (Å²) in [5.41, 5.74) is 0. The third-order valence-electron chi connectivity index (χ3n) is 2.18. The second-order valence-electron chi connectivity index (χ2n) is 3.40. The quantitative estimate of drug-likeness (QED) is 0.741. The second-order valence-corrected chi connectivity index (χ2v) is 4.58. The van der Waals surface area contributed by atoms with Crippen molar-refractivity contribution in [2.24, 2.45) is 0 Å². The zero-order chi connectivity index (χ0) is 12.7. The molecule has 0 saturated heterocycles. The average Bonchev–Trinajstić information content (AvgIpc) is 2.86. The van der Waals surface area contributed by atoms with Gasteiger partial charge in [-0.25, -0.2) is 0 Å². The van der Waals surface area contributed by atoms with Gasteiger partial charge in [0.05, 0.1) is 11.5 Å². The summed E-state index contributed by atoms with van der Waals surface area (Å²) in [5.74, 6) is -0.0271. The monoisotopic (exact) mass is 256 g/mol. The minimum atomic E-state index is -0.276. The zero-order valence-corrected chi connectivity index (χ0v) is 10.7. The van der Waals surface area contributed by atoms with Crippen LogP contribution in [-0.2, 0) is 4.79 Å². The van der Waals surface area contributed by atoms with Gasteiger partial charge in [0, 0.05) is 13.1 Å². The first-order valence-electron chi connectivity index (χ1n) is 5.27. The van der Waals surface area contributed by atoms with Crippen molar-refractivity contribution in [3.8, 4) is 0 Å². The molecule has 2 N–H and O–H groups in total. The van der Waals surface area contributed by atoms with Crippen molar-refractivity contribution in [2.45, 2.75) is 12.2 Å². The number of thioether (sulfide) groups is 1. The van der Waals surface area contributed by atoms with E-state index in [0.29, 0.717) is 13.1 Å². The van der Waals surface area contributed by atoms with Crippen LogP contribution in [0.1, 0.15) is 17.5 Å². The first-order valence-corrected chi connectivity index (χ1v) is 6.56. The van der Waals surface area contributed by atoms with Crippen molar-refractivity contribution >= 4 is 23.6 Å². The lowest BCUT2D eigenvalue weighted by Crippen LogP contribution is -2.37. The molecule has 17 heavy (non-hydrogen) atoms. The number of amides is 2. The van der Waals surface area contributed by atoms with Crippen LogP contribution in [0.25, 0.3) is 0 Å². The minimum absolute atomic E-state index is 0.0234. The lowest BCUT2D eigenvalue weighted by molar-refractivity contribution is -0.120. The number of nitrogens with one attached hydrogen (secondary N) is 2. The summed E-state index contributed by atoms with van der Waals surface area (Å²) < 4.78 is 4.93. The van der Waals surface area contributed by atoms with E-state index >= 15 is 0 Å². The summed E-state index contributed by atoms with van der Waals surface area (Å²) in [5, 5.41) is 5.30. The molecule has 0 saturated carbocycles. The van der Waals surface area contributed by atoms with Crippen molar-refractivity contribution in [3.05, 3.63) is 24.2 Å². The topological polar surface area (TPSA) is 71.3 Å². The van der Waals surface area contributed by atoms with Gasteiger partial charge in [-0.1, -0.05) is 0 Å². The Balaban J connectivity index is 2.16. The fraction of sp³-hybridized carbons (Fsp3) is 0.455. The molecule has 1 aromatic heterocycles. The summed E-state index contributed by atoms with van der Waals surface area (Å²) >= 11 is 1.48. The van der Waals surface area contributed by atoms with Crippen molar-refractivity contribution < 1.29 is 14.0 Å². The lowest BCUT2D eigenvalue weighted by atomic mass is 10.4. The Bertz CT molecular complexity index is 365. The molecule has 0 aliphatic rings. The number of carbonyl (C=O) groups excluding carboxylic acids is 2. The molecule has 1 aromatic rings. The van der Waals surface area contributed by atoms with Gasteiger partial charge in [0.1, 0.15) is 0 Å². The van der Waals surface area contributed by atoms with Crippen molar-refractivity contribution in [1.29, 1.82) is 0 Å². The molecule has 0 spiro atoms. The van der Waals surface area contributed by atoms with Gasteiger partial charge in [0.15, 0.2) is 5.76 Å². The van der Waals surface area contributed by atoms with E-state index in [2.05, 4.69) is 10.6 Å². The van der Waals surface area contributed by atoms with Gasteiger partial charge in [-0.05, 0) is 25.3 Å². The molecule has 6 heteroatoms. The summed E-state index contributed by atoms with van der Waals surface area (Å²) in [6.45, 7) is 2.63. The van der Waals surface area contributed by atoms with Gasteiger partial charge in [0.2, 0.25) is 5.91 Å². The third-order valence-corrected chi connectivity index (χ3v) is 3.10. The number of carbonyl (C=O) groups is 2. The molecule has 1 rings (SSSR count). The predicted molar refractivity (Wildman–Crippen MR) is 67.0 cm³/mol. The Labute approximate surface area is 104 Å². The van der Waals surface area contributed by atoms with Crippen LogP contribution in [0.4, 0.5) is 0 Å². The molecule has 1 heterocycles. The number of hydrogen-bond donors (Lipinski definition) is 2. The van der Waals surface area contributed by atoms with Gasteiger partial charge in [-0.2, -0.15) is 11.8 Å². The van der Waals surface area contributed by atoms with E-state index in [1.54, 1.807) is 12.1 Å². The molecule has 2 amide bonds. The van der Waals surface area contributed by atoms with Crippen molar-refractivity contribution in [2.75, 3.05) is 19.3 Å². The SMILES string of the molecule is CS[C@H](C)C(=O)NCCNC(=O)c1ccco1. The second kappa shape index (κ2) is 7.01. The van der Waals surface area contributed by atoms with Gasteiger partial charge < -0.3 is 15.1 Å². The molecule has 0 fully saturated rings. The van der Waals surface area contributed by atoms with Gasteiger partial charge >= 0.3 is 0 Å². The number of hydrogen-bond acceptors (Lipinski definition) is 4. The Morgan fingerprint density at radius 3 is 2.71 bits per heavy atom. The van der Waals surface area contributed by atoms with Crippen LogP contribution >= 0.6 is 11.8 Å². The maximum absolute atomic E-state index is 11.4. The highest BCUT2D eigenvalue weighted by molar-refractivity contribution is 7.99. The van der Waals surface area contributed by atoms with Crippen LogP contribution in [0.3, 0.4) is 0 Å². The highest BCUT2D eigenvalue weighted by atomic mass is 32.2. The summed E-state index contributed by atoms with van der Waals surface area (Å²) in [6, 6.07) is 3.24. The molecular weight excluding hydrogens is 240 g/mol. The van der Waals surface area contributed by atoms with E-state index in [-0.39, 0.29) is 22.8 Å². The van der Waals surface area contributed by atoms with E-state index in [9.17, 15) is 9.59 Å². The molecule has 0 aromatic carbocycles. The Morgan fingerprint density at radius 1 is 1.41 bits per heavy atom. The van der Waals surface area contributed by atoms with E-state index in [0.717, 1.165) is 0 Å². The highest BCUT2D eigenvalue weighted by Gasteiger charge is 2.10. The third kappa shape index (κ3) is 4.52. The lowest BCUT2D eigenvalue weighted by Gasteiger charge is -2.09. The van der Waals surface area contributed by atoms with Crippen molar-refractivity contribution in [3.63, 3.8) is 0 Å². The van der Waals surface area contributed by atoms with E-state index < -0.39 is 0 Å². The smallest absolute Gasteiger partial charge is 0.287 e. The molecule has 5 nitrogen and oxygen atoms in total. The zero-order valence-electron chi connectivity index (χ0n) is 9.86. The van der Waals surface area contributed by atoms with Crippen LogP contribution in [-0.4, -0.2) is 36.4 Å².